The van der Waals surface area contributed by atoms with Crippen LogP contribution >= 0.6 is 0 Å². The standard InChI is InChI=1S/C24H20N4O3/c1-31-19-10-6-16(7-11-19)21-20-22(27-26-21)24(30)28(14-15-3-2-12-25-13-15)23(20)17-4-8-18(29)9-5-17/h2-13,23,29H,14H2,1H3,(H,26,27). The Balaban J connectivity index is 1.63. The molecule has 1 aliphatic heterocycles. The van der Waals surface area contributed by atoms with E-state index in [0.717, 1.165) is 33.7 Å². The Morgan fingerprint density at radius 2 is 1.87 bits per heavy atom. The highest BCUT2D eigenvalue weighted by atomic mass is 16.5. The molecule has 0 radical (unpaired) electrons. The Morgan fingerprint density at radius 1 is 1.10 bits per heavy atom. The molecule has 31 heavy (non-hydrogen) atoms. The number of hydrogen-bond acceptors (Lipinski definition) is 5. The van der Waals surface area contributed by atoms with Gasteiger partial charge >= 0.3 is 0 Å². The molecule has 7 heteroatoms. The van der Waals surface area contributed by atoms with Crippen LogP contribution in [0.15, 0.2) is 73.1 Å². The van der Waals surface area contributed by atoms with Crippen molar-refractivity contribution < 1.29 is 14.6 Å². The first-order chi connectivity index (χ1) is 15.2. The van der Waals surface area contributed by atoms with Crippen molar-refractivity contribution in [2.24, 2.45) is 0 Å². The third-order valence-electron chi connectivity index (χ3n) is 5.51. The molecule has 0 aliphatic carbocycles. The molecule has 154 valence electrons. The van der Waals surface area contributed by atoms with E-state index in [2.05, 4.69) is 15.2 Å². The number of nitrogens with zero attached hydrogens (tertiary/aromatic N) is 3. The average Bonchev–Trinajstić information content (AvgIpc) is 3.35. The smallest absolute Gasteiger partial charge is 0.273 e. The zero-order chi connectivity index (χ0) is 21.4. The number of phenolic OH excluding ortho intramolecular Hbond substituents is 1. The molecule has 1 aliphatic rings. The molecule has 0 bridgehead atoms. The second-order valence-electron chi connectivity index (χ2n) is 7.38. The van der Waals surface area contributed by atoms with Gasteiger partial charge in [-0.25, -0.2) is 0 Å². The van der Waals surface area contributed by atoms with Crippen LogP contribution in [0.2, 0.25) is 0 Å². The Bertz CT molecular complexity index is 1220. The van der Waals surface area contributed by atoms with Crippen molar-refractivity contribution in [3.8, 4) is 22.8 Å². The summed E-state index contributed by atoms with van der Waals surface area (Å²) in [6.07, 6.45) is 3.47. The normalized spacial score (nSPS) is 15.2. The first kappa shape index (κ1) is 18.9. The van der Waals surface area contributed by atoms with Gasteiger partial charge in [-0.15, -0.1) is 0 Å². The van der Waals surface area contributed by atoms with E-state index in [1.807, 2.05) is 48.5 Å². The summed E-state index contributed by atoms with van der Waals surface area (Å²) in [4.78, 5) is 19.3. The Labute approximate surface area is 179 Å². The van der Waals surface area contributed by atoms with Gasteiger partial charge in [0.25, 0.3) is 5.91 Å². The van der Waals surface area contributed by atoms with Gasteiger partial charge in [-0.05, 0) is 53.6 Å². The number of aromatic nitrogens is 3. The van der Waals surface area contributed by atoms with E-state index >= 15 is 0 Å². The van der Waals surface area contributed by atoms with Gasteiger partial charge in [0.2, 0.25) is 0 Å². The van der Waals surface area contributed by atoms with E-state index < -0.39 is 0 Å². The highest BCUT2D eigenvalue weighted by molar-refractivity contribution is 6.00. The minimum absolute atomic E-state index is 0.121. The van der Waals surface area contributed by atoms with Crippen LogP contribution in [0, 0.1) is 0 Å². The Hall–Kier alpha value is -4.13. The van der Waals surface area contributed by atoms with Crippen molar-refractivity contribution in [3.63, 3.8) is 0 Å². The third kappa shape index (κ3) is 3.30. The quantitative estimate of drug-likeness (QED) is 0.518. The second-order valence-corrected chi connectivity index (χ2v) is 7.38. The maximum absolute atomic E-state index is 13.4. The summed E-state index contributed by atoms with van der Waals surface area (Å²) in [6.45, 7) is 0.406. The van der Waals surface area contributed by atoms with E-state index in [0.29, 0.717) is 12.2 Å². The van der Waals surface area contributed by atoms with Crippen LogP contribution in [0.4, 0.5) is 0 Å². The molecule has 2 N–H and O–H groups in total. The zero-order valence-electron chi connectivity index (χ0n) is 16.8. The van der Waals surface area contributed by atoms with E-state index in [1.165, 1.54) is 0 Å². The van der Waals surface area contributed by atoms with Gasteiger partial charge in [-0.2, -0.15) is 5.10 Å². The predicted molar refractivity (Wildman–Crippen MR) is 115 cm³/mol. The molecule has 1 unspecified atom stereocenters. The molecule has 2 aromatic carbocycles. The Morgan fingerprint density at radius 3 is 2.55 bits per heavy atom. The molecule has 0 saturated heterocycles. The van der Waals surface area contributed by atoms with Crippen molar-refractivity contribution in [2.45, 2.75) is 12.6 Å². The zero-order valence-corrected chi connectivity index (χ0v) is 16.8. The van der Waals surface area contributed by atoms with Gasteiger partial charge < -0.3 is 14.7 Å². The van der Waals surface area contributed by atoms with Crippen molar-refractivity contribution >= 4 is 5.91 Å². The monoisotopic (exact) mass is 412 g/mol. The van der Waals surface area contributed by atoms with Crippen LogP contribution in [-0.2, 0) is 6.54 Å². The number of fused-ring (bicyclic) bond motifs is 1. The van der Waals surface area contributed by atoms with Gasteiger partial charge in [-0.1, -0.05) is 18.2 Å². The summed E-state index contributed by atoms with van der Waals surface area (Å²) in [5, 5.41) is 17.2. The number of amides is 1. The minimum Gasteiger partial charge on any atom is -0.508 e. The van der Waals surface area contributed by atoms with Gasteiger partial charge in [0.1, 0.15) is 17.2 Å². The van der Waals surface area contributed by atoms with Crippen LogP contribution < -0.4 is 4.74 Å². The van der Waals surface area contributed by atoms with Crippen molar-refractivity contribution in [3.05, 3.63) is 95.4 Å². The van der Waals surface area contributed by atoms with Crippen LogP contribution in [0.3, 0.4) is 0 Å². The summed E-state index contributed by atoms with van der Waals surface area (Å²) < 4.78 is 5.26. The number of hydrogen-bond donors (Lipinski definition) is 2. The van der Waals surface area contributed by atoms with Crippen LogP contribution in [0.5, 0.6) is 11.5 Å². The molecule has 7 nitrogen and oxygen atoms in total. The number of carbonyl (C=O) groups is 1. The topological polar surface area (TPSA) is 91.3 Å². The van der Waals surface area contributed by atoms with Gasteiger partial charge in [0, 0.05) is 30.1 Å². The molecule has 0 spiro atoms. The summed E-state index contributed by atoms with van der Waals surface area (Å²) >= 11 is 0. The van der Waals surface area contributed by atoms with Crippen LogP contribution in [0.25, 0.3) is 11.3 Å². The number of ether oxygens (including phenoxy) is 1. The number of benzene rings is 2. The highest BCUT2D eigenvalue weighted by Crippen LogP contribution is 2.43. The van der Waals surface area contributed by atoms with Gasteiger partial charge in [0.05, 0.1) is 18.8 Å². The molecule has 1 atom stereocenters. The van der Waals surface area contributed by atoms with E-state index in [4.69, 9.17) is 4.74 Å². The number of pyridine rings is 1. The molecule has 3 heterocycles. The van der Waals surface area contributed by atoms with Gasteiger partial charge in [-0.3, -0.25) is 14.9 Å². The lowest BCUT2D eigenvalue weighted by molar-refractivity contribution is 0.0730. The van der Waals surface area contributed by atoms with Crippen molar-refractivity contribution in [1.82, 2.24) is 20.1 Å². The number of nitrogens with one attached hydrogen (secondary N) is 1. The van der Waals surface area contributed by atoms with E-state index in [9.17, 15) is 9.90 Å². The number of H-pyrrole nitrogens is 1. The number of carbonyl (C=O) groups excluding carboxylic acids is 1. The minimum atomic E-state index is -0.348. The van der Waals surface area contributed by atoms with Crippen molar-refractivity contribution in [2.75, 3.05) is 7.11 Å². The molecule has 0 saturated carbocycles. The molecule has 0 fully saturated rings. The number of aromatic amines is 1. The molecule has 1 amide bonds. The molecule has 5 rings (SSSR count). The number of rotatable bonds is 5. The summed E-state index contributed by atoms with van der Waals surface area (Å²) in [5.41, 5.74) is 4.74. The number of methoxy groups -OCH3 is 1. The third-order valence-corrected chi connectivity index (χ3v) is 5.51. The number of phenols is 1. The molecule has 2 aromatic heterocycles. The maximum Gasteiger partial charge on any atom is 0.273 e. The number of aromatic hydroxyl groups is 1. The molecule has 4 aromatic rings. The fraction of sp³-hybridized carbons (Fsp3) is 0.125. The predicted octanol–water partition coefficient (Wildman–Crippen LogP) is 3.93. The summed E-state index contributed by atoms with van der Waals surface area (Å²) in [5.74, 6) is 0.805. The second kappa shape index (κ2) is 7.60. The average molecular weight is 412 g/mol. The van der Waals surface area contributed by atoms with Gasteiger partial charge in [0.15, 0.2) is 0 Å². The largest absolute Gasteiger partial charge is 0.508 e. The highest BCUT2D eigenvalue weighted by Gasteiger charge is 2.42. The fourth-order valence-corrected chi connectivity index (χ4v) is 4.02. The van der Waals surface area contributed by atoms with Crippen LogP contribution in [0.1, 0.15) is 33.2 Å². The Kier molecular flexibility index (Phi) is 4.63. The van der Waals surface area contributed by atoms with Crippen LogP contribution in [-0.4, -0.2) is 38.2 Å². The summed E-state index contributed by atoms with van der Waals surface area (Å²) in [6, 6.07) is 18.0. The lowest BCUT2D eigenvalue weighted by Gasteiger charge is -2.26. The maximum atomic E-state index is 13.4. The first-order valence-corrected chi connectivity index (χ1v) is 9.87. The SMILES string of the molecule is COc1ccc(-c2n[nH]c3c2C(c2ccc(O)cc2)N(Cc2cccnc2)C3=O)cc1. The van der Waals surface area contributed by atoms with Crippen molar-refractivity contribution in [1.29, 1.82) is 0 Å². The molecular weight excluding hydrogens is 392 g/mol. The summed E-state index contributed by atoms with van der Waals surface area (Å²) in [7, 11) is 1.62. The molecular formula is C24H20N4O3. The van der Waals surface area contributed by atoms with E-state index in [-0.39, 0.29) is 17.7 Å². The first-order valence-electron chi connectivity index (χ1n) is 9.87. The lowest BCUT2D eigenvalue weighted by atomic mass is 9.96. The fourth-order valence-electron chi connectivity index (χ4n) is 4.02. The lowest BCUT2D eigenvalue weighted by Crippen LogP contribution is -2.29. The van der Waals surface area contributed by atoms with E-state index in [1.54, 1.807) is 36.5 Å².